The first-order valence-corrected chi connectivity index (χ1v) is 4.51. The van der Waals surface area contributed by atoms with Crippen molar-refractivity contribution in [3.63, 3.8) is 0 Å². The minimum atomic E-state index is -0.0969. The number of aromatic nitrogens is 1. The molecule has 0 radical (unpaired) electrons. The third kappa shape index (κ3) is 2.96. The smallest absolute Gasteiger partial charge is 0.248 e. The van der Waals surface area contributed by atoms with Crippen LogP contribution in [0.25, 0.3) is 0 Å². The molecule has 68 valence electrons. The van der Waals surface area contributed by atoms with E-state index in [1.165, 1.54) is 6.07 Å². The van der Waals surface area contributed by atoms with Crippen molar-refractivity contribution in [2.45, 2.75) is 13.3 Å². The lowest BCUT2D eigenvalue weighted by atomic mass is 10.2. The van der Waals surface area contributed by atoms with Gasteiger partial charge >= 0.3 is 0 Å². The Bertz CT molecular complexity index is 397. The molecule has 0 saturated heterocycles. The van der Waals surface area contributed by atoms with E-state index in [1.54, 1.807) is 6.20 Å². The van der Waals surface area contributed by atoms with Gasteiger partial charge in [-0.1, -0.05) is 11.8 Å². The minimum Gasteiger partial charge on any atom is -0.328 e. The highest BCUT2D eigenvalue weighted by atomic mass is 35.5. The fourth-order valence-electron chi connectivity index (χ4n) is 0.913. The second-order valence-electron chi connectivity index (χ2n) is 2.63. The summed E-state index contributed by atoms with van der Waals surface area (Å²) in [5.74, 6) is 6.38. The Kier molecular flexibility index (Phi) is 3.60. The van der Waals surface area contributed by atoms with Crippen molar-refractivity contribution < 1.29 is 0 Å². The highest BCUT2D eigenvalue weighted by Gasteiger charge is 1.93. The molecule has 0 atom stereocenters. The van der Waals surface area contributed by atoms with Gasteiger partial charge in [-0.05, 0) is 12.5 Å². The Morgan fingerprint density at radius 1 is 1.62 bits per heavy atom. The molecule has 0 aliphatic rings. The van der Waals surface area contributed by atoms with Gasteiger partial charge < -0.3 is 4.98 Å². The van der Waals surface area contributed by atoms with Crippen molar-refractivity contribution in [1.82, 2.24) is 4.98 Å². The zero-order valence-electron chi connectivity index (χ0n) is 7.36. The second kappa shape index (κ2) is 4.74. The molecule has 1 N–H and O–H groups in total. The number of H-pyrrole nitrogens is 1. The molecule has 1 heterocycles. The molecule has 0 amide bonds. The zero-order valence-corrected chi connectivity index (χ0v) is 8.11. The standard InChI is InChI=1S/C10H10ClNO/c1-8-6-10(13)12-7-9(8)4-2-3-5-11/h6-7H,3,5H2,1H3,(H,12,13). The lowest BCUT2D eigenvalue weighted by Gasteiger charge is -1.94. The molecule has 13 heavy (non-hydrogen) atoms. The van der Waals surface area contributed by atoms with Gasteiger partial charge in [-0.2, -0.15) is 0 Å². The van der Waals surface area contributed by atoms with Crippen LogP contribution in [0.2, 0.25) is 0 Å². The summed E-state index contributed by atoms with van der Waals surface area (Å²) in [4.78, 5) is 13.4. The summed E-state index contributed by atoms with van der Waals surface area (Å²) in [6.45, 7) is 1.86. The van der Waals surface area contributed by atoms with E-state index in [2.05, 4.69) is 16.8 Å². The molecule has 0 saturated carbocycles. The predicted molar refractivity (Wildman–Crippen MR) is 54.0 cm³/mol. The molecular formula is C10H10ClNO. The Hall–Kier alpha value is -1.20. The van der Waals surface area contributed by atoms with E-state index in [-0.39, 0.29) is 5.56 Å². The van der Waals surface area contributed by atoms with Crippen LogP contribution in [0.1, 0.15) is 17.5 Å². The van der Waals surface area contributed by atoms with Crippen molar-refractivity contribution in [3.05, 3.63) is 33.7 Å². The molecule has 1 aromatic rings. The molecule has 0 aromatic carbocycles. The number of rotatable bonds is 1. The summed E-state index contributed by atoms with van der Waals surface area (Å²) in [6, 6.07) is 1.53. The molecular weight excluding hydrogens is 186 g/mol. The summed E-state index contributed by atoms with van der Waals surface area (Å²) in [6.07, 6.45) is 2.29. The minimum absolute atomic E-state index is 0.0969. The third-order valence-corrected chi connectivity index (χ3v) is 1.76. The van der Waals surface area contributed by atoms with Crippen LogP contribution in [-0.4, -0.2) is 10.9 Å². The Morgan fingerprint density at radius 3 is 3.00 bits per heavy atom. The quantitative estimate of drug-likeness (QED) is 0.537. The van der Waals surface area contributed by atoms with Gasteiger partial charge in [-0.25, -0.2) is 0 Å². The normalized spacial score (nSPS) is 9.08. The second-order valence-corrected chi connectivity index (χ2v) is 3.01. The number of halogens is 1. The maximum Gasteiger partial charge on any atom is 0.248 e. The van der Waals surface area contributed by atoms with E-state index >= 15 is 0 Å². The van der Waals surface area contributed by atoms with Gasteiger partial charge in [0.1, 0.15) is 0 Å². The first-order chi connectivity index (χ1) is 6.24. The molecule has 0 bridgehead atoms. The molecule has 2 nitrogen and oxygen atoms in total. The van der Waals surface area contributed by atoms with Crippen molar-refractivity contribution in [2.24, 2.45) is 0 Å². The van der Waals surface area contributed by atoms with Crippen molar-refractivity contribution in [3.8, 4) is 11.8 Å². The zero-order chi connectivity index (χ0) is 9.68. The average Bonchev–Trinajstić information content (AvgIpc) is 2.09. The van der Waals surface area contributed by atoms with E-state index in [0.29, 0.717) is 12.3 Å². The van der Waals surface area contributed by atoms with Crippen LogP contribution >= 0.6 is 11.6 Å². The SMILES string of the molecule is Cc1cc(=O)[nH]cc1C#CCCCl. The number of hydrogen-bond donors (Lipinski definition) is 1. The number of alkyl halides is 1. The lowest BCUT2D eigenvalue weighted by Crippen LogP contribution is -2.04. The summed E-state index contributed by atoms with van der Waals surface area (Å²) < 4.78 is 0. The average molecular weight is 196 g/mol. The molecule has 0 unspecified atom stereocenters. The number of aromatic amines is 1. The topological polar surface area (TPSA) is 32.9 Å². The van der Waals surface area contributed by atoms with E-state index in [0.717, 1.165) is 11.1 Å². The summed E-state index contributed by atoms with van der Waals surface area (Å²) in [5, 5.41) is 0. The lowest BCUT2D eigenvalue weighted by molar-refractivity contribution is 1.19. The van der Waals surface area contributed by atoms with Gasteiger partial charge in [0.2, 0.25) is 5.56 Å². The predicted octanol–water partition coefficient (Wildman–Crippen LogP) is 1.66. The number of nitrogens with one attached hydrogen (secondary N) is 1. The monoisotopic (exact) mass is 195 g/mol. The highest BCUT2D eigenvalue weighted by Crippen LogP contribution is 1.99. The van der Waals surface area contributed by atoms with E-state index in [1.807, 2.05) is 6.92 Å². The molecule has 0 spiro atoms. The summed E-state index contributed by atoms with van der Waals surface area (Å²) >= 11 is 5.47. The van der Waals surface area contributed by atoms with Crippen molar-refractivity contribution >= 4 is 11.6 Å². The van der Waals surface area contributed by atoms with Gasteiger partial charge in [0.15, 0.2) is 0 Å². The maximum atomic E-state index is 10.8. The van der Waals surface area contributed by atoms with Gasteiger partial charge in [0, 0.05) is 30.1 Å². The fraction of sp³-hybridized carbons (Fsp3) is 0.300. The van der Waals surface area contributed by atoms with Crippen LogP contribution < -0.4 is 5.56 Å². The van der Waals surface area contributed by atoms with Crippen LogP contribution in [-0.2, 0) is 0 Å². The molecule has 1 aromatic heterocycles. The first kappa shape index (κ1) is 9.88. The van der Waals surface area contributed by atoms with E-state index < -0.39 is 0 Å². The fourth-order valence-corrected chi connectivity index (χ4v) is 1.01. The summed E-state index contributed by atoms with van der Waals surface area (Å²) in [7, 11) is 0. The van der Waals surface area contributed by atoms with Crippen LogP contribution in [0, 0.1) is 18.8 Å². The number of pyridine rings is 1. The molecule has 1 rings (SSSR count). The molecule has 3 heteroatoms. The van der Waals surface area contributed by atoms with Crippen molar-refractivity contribution in [1.29, 1.82) is 0 Å². The first-order valence-electron chi connectivity index (χ1n) is 3.98. The van der Waals surface area contributed by atoms with Gasteiger partial charge in [-0.15, -0.1) is 11.6 Å². The number of aryl methyl sites for hydroxylation is 1. The Morgan fingerprint density at radius 2 is 2.38 bits per heavy atom. The molecule has 0 aliphatic heterocycles. The van der Waals surface area contributed by atoms with E-state index in [9.17, 15) is 4.79 Å². The van der Waals surface area contributed by atoms with Gasteiger partial charge in [0.25, 0.3) is 0 Å². The van der Waals surface area contributed by atoms with E-state index in [4.69, 9.17) is 11.6 Å². The van der Waals surface area contributed by atoms with Gasteiger partial charge in [-0.3, -0.25) is 4.79 Å². The third-order valence-electron chi connectivity index (χ3n) is 1.57. The summed E-state index contributed by atoms with van der Waals surface area (Å²) in [5.41, 5.74) is 1.65. The largest absolute Gasteiger partial charge is 0.328 e. The van der Waals surface area contributed by atoms with Crippen molar-refractivity contribution in [2.75, 3.05) is 5.88 Å². The Labute approximate surface area is 81.9 Å². The van der Waals surface area contributed by atoms with Crippen LogP contribution in [0.5, 0.6) is 0 Å². The number of hydrogen-bond acceptors (Lipinski definition) is 1. The van der Waals surface area contributed by atoms with Crippen LogP contribution in [0.4, 0.5) is 0 Å². The van der Waals surface area contributed by atoms with Crippen LogP contribution in [0.15, 0.2) is 17.1 Å². The van der Waals surface area contributed by atoms with Gasteiger partial charge in [0.05, 0.1) is 0 Å². The Balaban J connectivity index is 2.92. The van der Waals surface area contributed by atoms with Crippen LogP contribution in [0.3, 0.4) is 0 Å². The molecule has 0 fully saturated rings. The molecule has 0 aliphatic carbocycles. The highest BCUT2D eigenvalue weighted by molar-refractivity contribution is 6.18. The maximum absolute atomic E-state index is 10.8.